The molecule has 198 valence electrons. The molecule has 1 aliphatic heterocycles. The molecule has 1 heterocycles. The van der Waals surface area contributed by atoms with Crippen LogP contribution in [0.1, 0.15) is 47.2 Å². The molecule has 4 rings (SSSR count). The average Bonchev–Trinajstić information content (AvgIpc) is 3.18. The Balaban J connectivity index is 1.83. The van der Waals surface area contributed by atoms with Crippen LogP contribution < -0.4 is 14.2 Å². The Morgan fingerprint density at radius 2 is 1.61 bits per heavy atom. The third-order valence-electron chi connectivity index (χ3n) is 6.74. The van der Waals surface area contributed by atoms with Crippen LogP contribution in [0.2, 0.25) is 0 Å². The Morgan fingerprint density at radius 3 is 2.26 bits per heavy atom. The minimum atomic E-state index is -0.776. The summed E-state index contributed by atoms with van der Waals surface area (Å²) in [5.74, 6) is 0.126. The van der Waals surface area contributed by atoms with Crippen molar-refractivity contribution in [3.05, 3.63) is 94.1 Å². The molecule has 1 fully saturated rings. The Morgan fingerprint density at radius 1 is 0.895 bits per heavy atom. The molecule has 3 aromatic carbocycles. The summed E-state index contributed by atoms with van der Waals surface area (Å²) in [6.07, 6.45) is 0.651. The van der Waals surface area contributed by atoms with Crippen molar-refractivity contribution in [1.29, 1.82) is 0 Å². The lowest BCUT2D eigenvalue weighted by Gasteiger charge is -2.26. The van der Waals surface area contributed by atoms with E-state index in [0.29, 0.717) is 47.9 Å². The normalized spacial score (nSPS) is 16.6. The van der Waals surface area contributed by atoms with Gasteiger partial charge in [0.25, 0.3) is 11.7 Å². The molecule has 1 amide bonds. The summed E-state index contributed by atoms with van der Waals surface area (Å²) in [5, 5.41) is 11.5. The number of hydrogen-bond donors (Lipinski definition) is 1. The molecule has 1 saturated heterocycles. The van der Waals surface area contributed by atoms with Crippen LogP contribution >= 0.6 is 0 Å². The highest BCUT2D eigenvalue weighted by Gasteiger charge is 2.46. The van der Waals surface area contributed by atoms with Gasteiger partial charge in [0.05, 0.1) is 25.8 Å². The molecule has 0 radical (unpaired) electrons. The lowest BCUT2D eigenvalue weighted by atomic mass is 9.93. The van der Waals surface area contributed by atoms with Crippen molar-refractivity contribution in [2.45, 2.75) is 39.8 Å². The van der Waals surface area contributed by atoms with Crippen molar-refractivity contribution in [2.24, 2.45) is 0 Å². The van der Waals surface area contributed by atoms with Crippen LogP contribution in [0.5, 0.6) is 17.2 Å². The van der Waals surface area contributed by atoms with E-state index in [4.69, 9.17) is 14.2 Å². The fourth-order valence-electron chi connectivity index (χ4n) is 4.82. The molecule has 0 spiro atoms. The lowest BCUT2D eigenvalue weighted by Crippen LogP contribution is -2.30. The van der Waals surface area contributed by atoms with Gasteiger partial charge in [0.1, 0.15) is 18.1 Å². The number of ketones is 1. The van der Waals surface area contributed by atoms with Crippen molar-refractivity contribution in [3.63, 3.8) is 0 Å². The maximum Gasteiger partial charge on any atom is 0.295 e. The molecule has 7 nitrogen and oxygen atoms in total. The topological polar surface area (TPSA) is 85.3 Å². The first-order valence-corrected chi connectivity index (χ1v) is 12.6. The fourth-order valence-corrected chi connectivity index (χ4v) is 4.82. The first-order chi connectivity index (χ1) is 18.3. The summed E-state index contributed by atoms with van der Waals surface area (Å²) >= 11 is 0. The maximum atomic E-state index is 13.3. The van der Waals surface area contributed by atoms with Gasteiger partial charge in [-0.05, 0) is 66.8 Å². The summed E-state index contributed by atoms with van der Waals surface area (Å²) in [5.41, 5.74) is 3.70. The smallest absolute Gasteiger partial charge is 0.295 e. The number of carbonyl (C=O) groups is 2. The second kappa shape index (κ2) is 11.4. The van der Waals surface area contributed by atoms with E-state index in [9.17, 15) is 14.7 Å². The third-order valence-corrected chi connectivity index (χ3v) is 6.74. The van der Waals surface area contributed by atoms with Crippen molar-refractivity contribution in [3.8, 4) is 17.2 Å². The van der Waals surface area contributed by atoms with Crippen molar-refractivity contribution < 1.29 is 28.9 Å². The Kier molecular flexibility index (Phi) is 8.05. The van der Waals surface area contributed by atoms with Gasteiger partial charge in [-0.2, -0.15) is 0 Å². The molecule has 1 unspecified atom stereocenters. The van der Waals surface area contributed by atoms with Gasteiger partial charge in [-0.3, -0.25) is 9.59 Å². The predicted octanol–water partition coefficient (Wildman–Crippen LogP) is 5.73. The molecule has 1 aliphatic rings. The molecule has 0 aliphatic carbocycles. The number of aliphatic hydroxyl groups excluding tert-OH is 1. The Bertz CT molecular complexity index is 1380. The summed E-state index contributed by atoms with van der Waals surface area (Å²) in [6, 6.07) is 17.9. The van der Waals surface area contributed by atoms with E-state index in [2.05, 4.69) is 0 Å². The van der Waals surface area contributed by atoms with E-state index in [1.165, 1.54) is 4.90 Å². The molecule has 0 saturated carbocycles. The number of benzene rings is 3. The van der Waals surface area contributed by atoms with Crippen LogP contribution in [0.4, 0.5) is 0 Å². The zero-order chi connectivity index (χ0) is 27.4. The van der Waals surface area contributed by atoms with Gasteiger partial charge in [-0.15, -0.1) is 0 Å². The number of nitrogens with zero attached hydrogens (tertiary/aromatic N) is 1. The number of likely N-dealkylation sites (tertiary alicyclic amines) is 1. The van der Waals surface area contributed by atoms with Gasteiger partial charge in [-0.1, -0.05) is 43.3 Å². The van der Waals surface area contributed by atoms with Gasteiger partial charge in [0.15, 0.2) is 11.5 Å². The first kappa shape index (κ1) is 26.8. The molecule has 1 atom stereocenters. The van der Waals surface area contributed by atoms with Crippen molar-refractivity contribution >= 4 is 17.4 Å². The van der Waals surface area contributed by atoms with Gasteiger partial charge in [-0.25, -0.2) is 0 Å². The SMILES string of the molecule is CCCN1C(=O)C(=O)/C(=C(/O)c2cc(C)c(OC)cc2C)C1c1ccc(OC)c(OCc2ccccc2)c1. The number of aliphatic hydroxyl groups is 1. The molecular formula is C31H33NO6. The minimum absolute atomic E-state index is 0.0512. The Labute approximate surface area is 223 Å². The van der Waals surface area contributed by atoms with Gasteiger partial charge in [0, 0.05) is 12.1 Å². The Hall–Kier alpha value is -4.26. The zero-order valence-electron chi connectivity index (χ0n) is 22.4. The highest BCUT2D eigenvalue weighted by Crippen LogP contribution is 2.43. The van der Waals surface area contributed by atoms with E-state index < -0.39 is 17.7 Å². The van der Waals surface area contributed by atoms with E-state index in [0.717, 1.165) is 16.7 Å². The van der Waals surface area contributed by atoms with Gasteiger partial charge >= 0.3 is 0 Å². The van der Waals surface area contributed by atoms with Crippen LogP contribution in [0, 0.1) is 13.8 Å². The number of ether oxygens (including phenoxy) is 3. The molecule has 38 heavy (non-hydrogen) atoms. The number of Topliss-reactive ketones (excluding diaryl/α,β-unsaturated/α-hetero) is 1. The third kappa shape index (κ3) is 5.09. The van der Waals surface area contributed by atoms with Crippen LogP contribution in [-0.2, 0) is 16.2 Å². The number of methoxy groups -OCH3 is 2. The zero-order valence-corrected chi connectivity index (χ0v) is 22.4. The summed E-state index contributed by atoms with van der Waals surface area (Å²) in [7, 11) is 3.14. The summed E-state index contributed by atoms with van der Waals surface area (Å²) in [4.78, 5) is 28.0. The van der Waals surface area contributed by atoms with Crippen molar-refractivity contribution in [2.75, 3.05) is 20.8 Å². The molecule has 0 aromatic heterocycles. The van der Waals surface area contributed by atoms with Crippen LogP contribution in [0.3, 0.4) is 0 Å². The quantitative estimate of drug-likeness (QED) is 0.223. The monoisotopic (exact) mass is 515 g/mol. The number of aryl methyl sites for hydroxylation is 2. The highest BCUT2D eigenvalue weighted by atomic mass is 16.5. The fraction of sp³-hybridized carbons (Fsp3) is 0.290. The summed E-state index contributed by atoms with van der Waals surface area (Å²) < 4.78 is 17.0. The predicted molar refractivity (Wildman–Crippen MR) is 146 cm³/mol. The van der Waals surface area contributed by atoms with Crippen molar-refractivity contribution in [1.82, 2.24) is 4.90 Å². The standard InChI is InChI=1S/C31H33NO6/c1-6-14-32-28(22-12-13-24(36-4)26(17-22)38-18-21-10-8-7-9-11-21)27(30(34)31(32)35)29(33)23-15-20(3)25(37-5)16-19(23)2/h7-13,15-17,28,33H,6,14,18H2,1-5H3/b29-27+. The molecule has 1 N–H and O–H groups in total. The molecule has 7 heteroatoms. The summed E-state index contributed by atoms with van der Waals surface area (Å²) in [6.45, 7) is 6.31. The van der Waals surface area contributed by atoms with E-state index >= 15 is 0 Å². The molecule has 0 bridgehead atoms. The minimum Gasteiger partial charge on any atom is -0.507 e. The molecule has 3 aromatic rings. The number of hydrogen-bond acceptors (Lipinski definition) is 6. The van der Waals surface area contributed by atoms with Crippen LogP contribution in [0.15, 0.2) is 66.2 Å². The van der Waals surface area contributed by atoms with E-state index in [1.54, 1.807) is 38.5 Å². The second-order valence-electron chi connectivity index (χ2n) is 9.31. The highest BCUT2D eigenvalue weighted by molar-refractivity contribution is 6.46. The van der Waals surface area contributed by atoms with E-state index in [-0.39, 0.29) is 11.3 Å². The average molecular weight is 516 g/mol. The molecular weight excluding hydrogens is 482 g/mol. The second-order valence-corrected chi connectivity index (χ2v) is 9.31. The largest absolute Gasteiger partial charge is 0.507 e. The van der Waals surface area contributed by atoms with Gasteiger partial charge < -0.3 is 24.2 Å². The first-order valence-electron chi connectivity index (χ1n) is 12.6. The van der Waals surface area contributed by atoms with E-state index in [1.807, 2.05) is 57.2 Å². The van der Waals surface area contributed by atoms with Gasteiger partial charge in [0.2, 0.25) is 0 Å². The van der Waals surface area contributed by atoms with Crippen LogP contribution in [0.25, 0.3) is 5.76 Å². The maximum absolute atomic E-state index is 13.3. The lowest BCUT2D eigenvalue weighted by molar-refractivity contribution is -0.139. The number of carbonyl (C=O) groups excluding carboxylic acids is 2. The van der Waals surface area contributed by atoms with Crippen LogP contribution in [-0.4, -0.2) is 42.5 Å². The number of amides is 1. The number of rotatable bonds is 9.